The van der Waals surface area contributed by atoms with Gasteiger partial charge in [0.05, 0.1) is 12.7 Å². The van der Waals surface area contributed by atoms with E-state index >= 15 is 0 Å². The van der Waals surface area contributed by atoms with Crippen LogP contribution in [-0.4, -0.2) is 37.9 Å². The van der Waals surface area contributed by atoms with Gasteiger partial charge in [0.15, 0.2) is 0 Å². The van der Waals surface area contributed by atoms with Crippen LogP contribution in [0.1, 0.15) is 34.1 Å². The SMILES string of the molecule is CCC(C)OC(C)(C)C(=O)NCCOC. The molecule has 1 unspecified atom stereocenters. The number of hydrogen-bond donors (Lipinski definition) is 1. The van der Waals surface area contributed by atoms with Crippen molar-refractivity contribution in [3.63, 3.8) is 0 Å². The maximum absolute atomic E-state index is 11.7. The Morgan fingerprint density at radius 2 is 2.07 bits per heavy atom. The molecule has 1 N–H and O–H groups in total. The number of hydrogen-bond acceptors (Lipinski definition) is 3. The Morgan fingerprint density at radius 3 is 2.53 bits per heavy atom. The lowest BCUT2D eigenvalue weighted by Crippen LogP contribution is -2.46. The lowest BCUT2D eigenvalue weighted by Gasteiger charge is -2.27. The molecule has 0 aromatic carbocycles. The van der Waals surface area contributed by atoms with E-state index in [1.807, 2.05) is 13.8 Å². The predicted octanol–water partition coefficient (Wildman–Crippen LogP) is 1.34. The van der Waals surface area contributed by atoms with Crippen molar-refractivity contribution in [2.75, 3.05) is 20.3 Å². The van der Waals surface area contributed by atoms with Gasteiger partial charge in [0.2, 0.25) is 0 Å². The molecule has 1 atom stereocenters. The van der Waals surface area contributed by atoms with Crippen molar-refractivity contribution in [1.29, 1.82) is 0 Å². The molecule has 0 spiro atoms. The second-order valence-corrected chi connectivity index (χ2v) is 4.10. The molecule has 0 aromatic heterocycles. The molecule has 0 saturated carbocycles. The van der Waals surface area contributed by atoms with Crippen LogP contribution in [0.4, 0.5) is 0 Å². The molecular weight excluding hydrogens is 194 g/mol. The first-order valence-electron chi connectivity index (χ1n) is 5.39. The highest BCUT2D eigenvalue weighted by atomic mass is 16.5. The Balaban J connectivity index is 4.02. The smallest absolute Gasteiger partial charge is 0.251 e. The summed E-state index contributed by atoms with van der Waals surface area (Å²) in [6, 6.07) is 0. The predicted molar refractivity (Wildman–Crippen MR) is 59.8 cm³/mol. The summed E-state index contributed by atoms with van der Waals surface area (Å²) < 4.78 is 10.5. The van der Waals surface area contributed by atoms with E-state index in [1.54, 1.807) is 21.0 Å². The Labute approximate surface area is 92.3 Å². The fourth-order valence-corrected chi connectivity index (χ4v) is 1.12. The van der Waals surface area contributed by atoms with Gasteiger partial charge in [0.25, 0.3) is 5.91 Å². The van der Waals surface area contributed by atoms with E-state index in [1.165, 1.54) is 0 Å². The number of carbonyl (C=O) groups excluding carboxylic acids is 1. The van der Waals surface area contributed by atoms with Crippen molar-refractivity contribution < 1.29 is 14.3 Å². The summed E-state index contributed by atoms with van der Waals surface area (Å²) >= 11 is 0. The van der Waals surface area contributed by atoms with E-state index in [2.05, 4.69) is 5.32 Å². The monoisotopic (exact) mass is 217 g/mol. The third-order valence-corrected chi connectivity index (χ3v) is 2.21. The maximum atomic E-state index is 11.7. The largest absolute Gasteiger partial charge is 0.383 e. The van der Waals surface area contributed by atoms with Gasteiger partial charge in [-0.05, 0) is 27.2 Å². The first kappa shape index (κ1) is 14.4. The quantitative estimate of drug-likeness (QED) is 0.655. The van der Waals surface area contributed by atoms with Crippen LogP contribution in [0.15, 0.2) is 0 Å². The molecule has 15 heavy (non-hydrogen) atoms. The van der Waals surface area contributed by atoms with Crippen LogP contribution in [0.5, 0.6) is 0 Å². The summed E-state index contributed by atoms with van der Waals surface area (Å²) in [6.45, 7) is 8.59. The Bertz CT molecular complexity index is 192. The fraction of sp³-hybridized carbons (Fsp3) is 0.909. The summed E-state index contributed by atoms with van der Waals surface area (Å²) in [7, 11) is 1.60. The zero-order valence-corrected chi connectivity index (χ0v) is 10.4. The first-order valence-corrected chi connectivity index (χ1v) is 5.39. The number of methoxy groups -OCH3 is 1. The summed E-state index contributed by atoms with van der Waals surface area (Å²) in [5, 5.41) is 2.76. The summed E-state index contributed by atoms with van der Waals surface area (Å²) in [5.74, 6) is -0.0974. The number of ether oxygens (including phenoxy) is 2. The summed E-state index contributed by atoms with van der Waals surface area (Å²) in [6.07, 6.45) is 0.989. The fourth-order valence-electron chi connectivity index (χ4n) is 1.12. The van der Waals surface area contributed by atoms with Crippen molar-refractivity contribution in [3.8, 4) is 0 Å². The van der Waals surface area contributed by atoms with E-state index in [-0.39, 0.29) is 12.0 Å². The van der Waals surface area contributed by atoms with Gasteiger partial charge in [0, 0.05) is 13.7 Å². The van der Waals surface area contributed by atoms with Crippen LogP contribution in [-0.2, 0) is 14.3 Å². The molecule has 1 amide bonds. The van der Waals surface area contributed by atoms with Crippen molar-refractivity contribution in [3.05, 3.63) is 0 Å². The maximum Gasteiger partial charge on any atom is 0.251 e. The topological polar surface area (TPSA) is 47.6 Å². The van der Waals surface area contributed by atoms with Gasteiger partial charge < -0.3 is 14.8 Å². The van der Waals surface area contributed by atoms with Crippen LogP contribution in [0.2, 0.25) is 0 Å². The summed E-state index contributed by atoms with van der Waals surface area (Å²) in [5.41, 5.74) is -0.775. The number of nitrogens with one attached hydrogen (secondary N) is 1. The molecule has 0 heterocycles. The van der Waals surface area contributed by atoms with Crippen LogP contribution >= 0.6 is 0 Å². The third-order valence-electron chi connectivity index (χ3n) is 2.21. The van der Waals surface area contributed by atoms with Gasteiger partial charge in [-0.1, -0.05) is 6.92 Å². The first-order chi connectivity index (χ1) is 6.94. The van der Waals surface area contributed by atoms with Crippen molar-refractivity contribution in [2.24, 2.45) is 0 Å². The van der Waals surface area contributed by atoms with Gasteiger partial charge in [-0.25, -0.2) is 0 Å². The standard InChI is InChI=1S/C11H23NO3/c1-6-9(2)15-11(3,4)10(13)12-7-8-14-5/h9H,6-8H2,1-5H3,(H,12,13). The summed E-state index contributed by atoms with van der Waals surface area (Å²) in [4.78, 5) is 11.7. The molecule has 0 aliphatic rings. The Kier molecular flexibility index (Phi) is 6.52. The average Bonchev–Trinajstić information content (AvgIpc) is 2.17. The molecule has 0 bridgehead atoms. The van der Waals surface area contributed by atoms with Gasteiger partial charge >= 0.3 is 0 Å². The van der Waals surface area contributed by atoms with Gasteiger partial charge in [0.1, 0.15) is 5.60 Å². The molecule has 0 saturated heterocycles. The minimum absolute atomic E-state index is 0.0909. The van der Waals surface area contributed by atoms with Crippen molar-refractivity contribution in [1.82, 2.24) is 5.32 Å². The highest BCUT2D eigenvalue weighted by Crippen LogP contribution is 2.13. The van der Waals surface area contributed by atoms with Gasteiger partial charge in [-0.3, -0.25) is 4.79 Å². The second kappa shape index (κ2) is 6.80. The van der Waals surface area contributed by atoms with Crippen LogP contribution in [0.25, 0.3) is 0 Å². The lowest BCUT2D eigenvalue weighted by molar-refractivity contribution is -0.149. The minimum Gasteiger partial charge on any atom is -0.383 e. The Morgan fingerprint density at radius 1 is 1.47 bits per heavy atom. The molecule has 0 radical (unpaired) electrons. The zero-order chi connectivity index (χ0) is 11.9. The molecular formula is C11H23NO3. The molecule has 0 rings (SSSR count). The molecule has 0 fully saturated rings. The average molecular weight is 217 g/mol. The minimum atomic E-state index is -0.775. The number of amides is 1. The van der Waals surface area contributed by atoms with E-state index in [0.717, 1.165) is 6.42 Å². The van der Waals surface area contributed by atoms with E-state index in [4.69, 9.17) is 9.47 Å². The molecule has 0 aliphatic heterocycles. The molecule has 4 heteroatoms. The molecule has 0 aliphatic carbocycles. The Hall–Kier alpha value is -0.610. The van der Waals surface area contributed by atoms with Crippen LogP contribution < -0.4 is 5.32 Å². The van der Waals surface area contributed by atoms with Crippen molar-refractivity contribution in [2.45, 2.75) is 45.8 Å². The molecule has 4 nitrogen and oxygen atoms in total. The van der Waals surface area contributed by atoms with Crippen LogP contribution in [0.3, 0.4) is 0 Å². The van der Waals surface area contributed by atoms with Gasteiger partial charge in [-0.15, -0.1) is 0 Å². The highest BCUT2D eigenvalue weighted by Gasteiger charge is 2.29. The second-order valence-electron chi connectivity index (χ2n) is 4.10. The van der Waals surface area contributed by atoms with Crippen LogP contribution in [0, 0.1) is 0 Å². The lowest BCUT2D eigenvalue weighted by atomic mass is 10.1. The molecule has 0 aromatic rings. The van der Waals surface area contributed by atoms with Gasteiger partial charge in [-0.2, -0.15) is 0 Å². The highest BCUT2D eigenvalue weighted by molar-refractivity contribution is 5.84. The molecule has 90 valence electrons. The number of rotatable bonds is 7. The normalized spacial score (nSPS) is 13.7. The van der Waals surface area contributed by atoms with E-state index in [0.29, 0.717) is 13.2 Å². The van der Waals surface area contributed by atoms with Crippen molar-refractivity contribution >= 4 is 5.91 Å². The van der Waals surface area contributed by atoms with E-state index in [9.17, 15) is 4.79 Å². The third kappa shape index (κ3) is 5.74. The van der Waals surface area contributed by atoms with E-state index < -0.39 is 5.60 Å². The number of carbonyl (C=O) groups is 1. The zero-order valence-electron chi connectivity index (χ0n) is 10.4.